The predicted molar refractivity (Wildman–Crippen MR) is 244 cm³/mol. The van der Waals surface area contributed by atoms with E-state index in [1.807, 2.05) is 84.9 Å². The Labute approximate surface area is 352 Å². The van der Waals surface area contributed by atoms with Crippen LogP contribution in [0.25, 0.3) is 66.5 Å². The molecule has 0 unspecified atom stereocenters. The topological polar surface area (TPSA) is 78.2 Å². The molecule has 8 nitrogen and oxygen atoms in total. The molecule has 3 heterocycles. The van der Waals surface area contributed by atoms with Gasteiger partial charge in [-0.15, -0.1) is 0 Å². The Hall–Kier alpha value is -8.85. The predicted octanol–water partition coefficient (Wildman–Crippen LogP) is 13.6. The highest BCUT2D eigenvalue weighted by Crippen LogP contribution is 2.56. The van der Waals surface area contributed by atoms with Crippen LogP contribution in [0.5, 0.6) is 0 Å². The van der Waals surface area contributed by atoms with E-state index in [-0.39, 0.29) is 0 Å². The molecule has 61 heavy (non-hydrogen) atoms. The van der Waals surface area contributed by atoms with Gasteiger partial charge < -0.3 is 14.4 Å². The van der Waals surface area contributed by atoms with Crippen molar-refractivity contribution in [2.75, 3.05) is 9.80 Å². The van der Waals surface area contributed by atoms with Crippen LogP contribution in [0.3, 0.4) is 0 Å². The third-order valence-corrected chi connectivity index (χ3v) is 11.2. The van der Waals surface area contributed by atoms with E-state index in [0.29, 0.717) is 40.0 Å². The zero-order valence-electron chi connectivity index (χ0n) is 32.6. The number of nitriles is 1. The van der Waals surface area contributed by atoms with Crippen molar-refractivity contribution in [1.82, 2.24) is 19.5 Å². The fourth-order valence-corrected chi connectivity index (χ4v) is 8.50. The quantitative estimate of drug-likeness (QED) is 0.156. The van der Waals surface area contributed by atoms with Crippen molar-refractivity contribution >= 4 is 61.6 Å². The maximum absolute atomic E-state index is 11.0. The molecule has 284 valence electrons. The number of hydrogen-bond acceptors (Lipinski definition) is 6. The molecule has 0 amide bonds. The summed E-state index contributed by atoms with van der Waals surface area (Å²) in [7, 11) is 0. The molecule has 0 spiro atoms. The van der Waals surface area contributed by atoms with Crippen LogP contribution in [0.15, 0.2) is 194 Å². The number of nitrogens with zero attached hydrogens (tertiary/aromatic N) is 8. The molecule has 0 saturated heterocycles. The Bertz CT molecular complexity index is 3290. The molecule has 0 atom stereocenters. The third kappa shape index (κ3) is 5.86. The molecule has 8 heteroatoms. The van der Waals surface area contributed by atoms with Gasteiger partial charge in [0.25, 0.3) is 0 Å². The van der Waals surface area contributed by atoms with Crippen LogP contribution in [0.4, 0.5) is 39.8 Å². The highest BCUT2D eigenvalue weighted by Gasteiger charge is 2.32. The summed E-state index contributed by atoms with van der Waals surface area (Å²) >= 11 is 0. The van der Waals surface area contributed by atoms with Crippen molar-refractivity contribution in [2.24, 2.45) is 0 Å². The molecule has 0 aliphatic carbocycles. The standard InChI is InChI=1S/C53H32N8/c1-55-43-31-37(53-57-51(35-18-6-2-7-19-35)56-52(58-53)36-20-8-3-9-21-36)30-38(34-54)50(43)61-44-27-15-14-26-41(44)42-32-48-49(33-47(42)61)60(40-24-12-5-13-25-40)46-29-17-16-28-45(46)59(48)39-22-10-4-11-23-39/h2-33H. The maximum atomic E-state index is 11.0. The van der Waals surface area contributed by atoms with Crippen molar-refractivity contribution in [1.29, 1.82) is 5.26 Å². The van der Waals surface area contributed by atoms with Gasteiger partial charge in [-0.05, 0) is 66.7 Å². The zero-order valence-corrected chi connectivity index (χ0v) is 32.6. The van der Waals surface area contributed by atoms with E-state index >= 15 is 0 Å². The fourth-order valence-electron chi connectivity index (χ4n) is 8.50. The third-order valence-electron chi connectivity index (χ3n) is 11.2. The molecule has 0 N–H and O–H groups in total. The van der Waals surface area contributed by atoms with E-state index in [0.717, 1.165) is 67.1 Å². The minimum absolute atomic E-state index is 0.300. The van der Waals surface area contributed by atoms with Crippen molar-refractivity contribution in [3.63, 3.8) is 0 Å². The number of rotatable bonds is 6. The van der Waals surface area contributed by atoms with Gasteiger partial charge in [0.2, 0.25) is 5.69 Å². The summed E-state index contributed by atoms with van der Waals surface area (Å²) in [6, 6.07) is 67.5. The molecule has 0 saturated carbocycles. The lowest BCUT2D eigenvalue weighted by atomic mass is 10.0. The average Bonchev–Trinajstić information content (AvgIpc) is 3.65. The van der Waals surface area contributed by atoms with Gasteiger partial charge in [0, 0.05) is 38.8 Å². The van der Waals surface area contributed by atoms with Crippen LogP contribution in [-0.2, 0) is 0 Å². The molecular weight excluding hydrogens is 749 g/mol. The van der Waals surface area contributed by atoms with E-state index in [1.54, 1.807) is 12.1 Å². The molecular formula is C53H32N8. The summed E-state index contributed by atoms with van der Waals surface area (Å²) < 4.78 is 2.08. The van der Waals surface area contributed by atoms with Crippen molar-refractivity contribution in [2.45, 2.75) is 0 Å². The van der Waals surface area contributed by atoms with Crippen LogP contribution in [0, 0.1) is 17.9 Å². The number of fused-ring (bicyclic) bond motifs is 5. The van der Waals surface area contributed by atoms with Gasteiger partial charge in [-0.2, -0.15) is 5.26 Å². The van der Waals surface area contributed by atoms with Gasteiger partial charge in [0.1, 0.15) is 0 Å². The second-order valence-electron chi connectivity index (χ2n) is 14.7. The van der Waals surface area contributed by atoms with Crippen molar-refractivity contribution in [3.8, 4) is 45.9 Å². The molecule has 2 aromatic heterocycles. The minimum atomic E-state index is 0.300. The fraction of sp³-hybridized carbons (Fsp3) is 0. The number of benzene rings is 8. The molecule has 1 aliphatic heterocycles. The van der Waals surface area contributed by atoms with Gasteiger partial charge in [-0.3, -0.25) is 0 Å². The Kier molecular flexibility index (Phi) is 8.40. The summed E-state index contributed by atoms with van der Waals surface area (Å²) in [5, 5.41) is 13.0. The lowest BCUT2D eigenvalue weighted by Gasteiger charge is -2.40. The first-order valence-corrected chi connectivity index (χ1v) is 19.9. The second kappa shape index (κ2) is 14.5. The highest BCUT2D eigenvalue weighted by atomic mass is 15.3. The van der Waals surface area contributed by atoms with E-state index < -0.39 is 0 Å². The first-order valence-electron chi connectivity index (χ1n) is 19.9. The van der Waals surface area contributed by atoms with Crippen LogP contribution >= 0.6 is 0 Å². The largest absolute Gasteiger partial charge is 0.318 e. The zero-order chi connectivity index (χ0) is 40.9. The smallest absolute Gasteiger partial charge is 0.212 e. The highest BCUT2D eigenvalue weighted by molar-refractivity contribution is 6.15. The van der Waals surface area contributed by atoms with E-state index in [9.17, 15) is 5.26 Å². The van der Waals surface area contributed by atoms with Crippen molar-refractivity contribution < 1.29 is 0 Å². The first kappa shape index (κ1) is 35.3. The summed E-state index contributed by atoms with van der Waals surface area (Å²) in [6.07, 6.45) is 0. The van der Waals surface area contributed by atoms with E-state index in [2.05, 4.69) is 122 Å². The maximum Gasteiger partial charge on any atom is 0.212 e. The van der Waals surface area contributed by atoms with Crippen molar-refractivity contribution in [3.05, 3.63) is 211 Å². The average molecular weight is 781 g/mol. The molecule has 0 fully saturated rings. The number of para-hydroxylation sites is 5. The monoisotopic (exact) mass is 780 g/mol. The van der Waals surface area contributed by atoms with Gasteiger partial charge in [0.05, 0.1) is 57.7 Å². The molecule has 1 aliphatic rings. The van der Waals surface area contributed by atoms with Gasteiger partial charge in [-0.1, -0.05) is 127 Å². The van der Waals surface area contributed by atoms with Crippen LogP contribution in [0.1, 0.15) is 5.56 Å². The lowest BCUT2D eigenvalue weighted by molar-refractivity contribution is 1.07. The molecule has 10 aromatic rings. The van der Waals surface area contributed by atoms with Gasteiger partial charge in [-0.25, -0.2) is 19.8 Å². The SMILES string of the molecule is [C-]#[N+]c1cc(-c2nc(-c3ccccc3)nc(-c3ccccc3)n2)cc(C#N)c1-n1c2ccccc2c2cc3c(cc21)N(c1ccccc1)c1ccccc1N3c1ccccc1. The van der Waals surface area contributed by atoms with Crippen LogP contribution in [0.2, 0.25) is 0 Å². The number of anilines is 6. The summed E-state index contributed by atoms with van der Waals surface area (Å²) in [6.45, 7) is 8.62. The Morgan fingerprint density at radius 3 is 1.46 bits per heavy atom. The molecule has 11 rings (SSSR count). The second-order valence-corrected chi connectivity index (χ2v) is 14.7. The van der Waals surface area contributed by atoms with Gasteiger partial charge in [0.15, 0.2) is 17.5 Å². The summed E-state index contributed by atoms with van der Waals surface area (Å²) in [5.41, 5.74) is 11.1. The Morgan fingerprint density at radius 2 is 0.918 bits per heavy atom. The van der Waals surface area contributed by atoms with E-state index in [4.69, 9.17) is 21.5 Å². The molecule has 0 radical (unpaired) electrons. The Balaban J connectivity index is 1.17. The van der Waals surface area contributed by atoms with Crippen LogP contribution < -0.4 is 9.80 Å². The summed E-state index contributed by atoms with van der Waals surface area (Å²) in [4.78, 5) is 23.4. The molecule has 0 bridgehead atoms. The number of hydrogen-bond donors (Lipinski definition) is 0. The van der Waals surface area contributed by atoms with E-state index in [1.165, 1.54) is 0 Å². The van der Waals surface area contributed by atoms with Gasteiger partial charge >= 0.3 is 0 Å². The normalized spacial score (nSPS) is 11.8. The number of aromatic nitrogens is 4. The molecule has 8 aromatic carbocycles. The lowest BCUT2D eigenvalue weighted by Crippen LogP contribution is -2.24. The minimum Gasteiger partial charge on any atom is -0.318 e. The Morgan fingerprint density at radius 1 is 0.443 bits per heavy atom. The summed E-state index contributed by atoms with van der Waals surface area (Å²) in [5.74, 6) is 1.37. The van der Waals surface area contributed by atoms with Crippen LogP contribution in [-0.4, -0.2) is 19.5 Å². The first-order chi connectivity index (χ1) is 30.2.